The van der Waals surface area contributed by atoms with Crippen molar-refractivity contribution in [1.82, 2.24) is 14.9 Å². The van der Waals surface area contributed by atoms with Crippen LogP contribution in [0.1, 0.15) is 18.5 Å². The molecule has 1 aliphatic rings. The second-order valence-corrected chi connectivity index (χ2v) is 9.20. The van der Waals surface area contributed by atoms with E-state index in [9.17, 15) is 4.79 Å². The number of benzene rings is 3. The highest BCUT2D eigenvalue weighted by molar-refractivity contribution is 8.00. The van der Waals surface area contributed by atoms with Crippen molar-refractivity contribution < 1.29 is 9.53 Å². The van der Waals surface area contributed by atoms with Crippen molar-refractivity contribution in [1.29, 1.82) is 0 Å². The third kappa shape index (κ3) is 4.60. The fraction of sp³-hybridized carbons (Fsp3) is 0.160. The van der Waals surface area contributed by atoms with E-state index in [1.807, 2.05) is 72.3 Å². The smallest absolute Gasteiger partial charge is 0.240 e. The topological polar surface area (TPSA) is 81.1 Å². The fourth-order valence-electron chi connectivity index (χ4n) is 3.80. The number of hydrogen-bond acceptors (Lipinski definition) is 6. The maximum Gasteiger partial charge on any atom is 0.240 e. The van der Waals surface area contributed by atoms with Gasteiger partial charge in [-0.1, -0.05) is 71.9 Å². The number of amides is 1. The van der Waals surface area contributed by atoms with Crippen molar-refractivity contribution in [3.8, 4) is 17.1 Å². The molecule has 2 unspecified atom stereocenters. The van der Waals surface area contributed by atoms with Gasteiger partial charge in [-0.15, -0.1) is 10.2 Å². The molecule has 1 amide bonds. The molecule has 2 atom stereocenters. The van der Waals surface area contributed by atoms with Crippen molar-refractivity contribution in [2.45, 2.75) is 23.4 Å². The van der Waals surface area contributed by atoms with Crippen molar-refractivity contribution in [2.24, 2.45) is 0 Å². The number of thioether (sulfide) groups is 1. The summed E-state index contributed by atoms with van der Waals surface area (Å²) in [7, 11) is 0. The highest BCUT2D eigenvalue weighted by atomic mass is 35.5. The summed E-state index contributed by atoms with van der Waals surface area (Å²) in [4.78, 5) is 13.4. The molecular formula is C25H22ClN5O2S. The number of ether oxygens (including phenoxy) is 1. The van der Waals surface area contributed by atoms with Gasteiger partial charge in [-0.25, -0.2) is 4.68 Å². The van der Waals surface area contributed by atoms with Gasteiger partial charge in [-0.3, -0.25) is 4.79 Å². The predicted molar refractivity (Wildman–Crippen MR) is 135 cm³/mol. The first-order valence-electron chi connectivity index (χ1n) is 10.9. The van der Waals surface area contributed by atoms with E-state index in [4.69, 9.17) is 16.3 Å². The monoisotopic (exact) mass is 491 g/mol. The average molecular weight is 492 g/mol. The summed E-state index contributed by atoms with van der Waals surface area (Å²) in [6.07, 6.45) is 0. The van der Waals surface area contributed by atoms with Gasteiger partial charge in [0.05, 0.1) is 12.6 Å². The minimum atomic E-state index is -0.503. The number of rotatable bonds is 6. The van der Waals surface area contributed by atoms with Crippen LogP contribution in [0.2, 0.25) is 5.02 Å². The van der Waals surface area contributed by atoms with Crippen LogP contribution in [0.3, 0.4) is 0 Å². The second-order valence-electron chi connectivity index (χ2n) is 7.65. The fourth-order valence-corrected chi connectivity index (χ4v) is 5.07. The summed E-state index contributed by atoms with van der Waals surface area (Å²) in [5, 5.41) is 12.4. The van der Waals surface area contributed by atoms with Gasteiger partial charge in [-0.05, 0) is 42.8 Å². The van der Waals surface area contributed by atoms with E-state index >= 15 is 0 Å². The quantitative estimate of drug-likeness (QED) is 0.376. The molecule has 4 aromatic rings. The van der Waals surface area contributed by atoms with Crippen LogP contribution in [-0.2, 0) is 4.79 Å². The van der Waals surface area contributed by atoms with E-state index in [2.05, 4.69) is 20.9 Å². The summed E-state index contributed by atoms with van der Waals surface area (Å²) in [5.41, 5.74) is 6.00. The number of nitrogens with one attached hydrogen (secondary N) is 2. The van der Waals surface area contributed by atoms with Crippen molar-refractivity contribution in [3.63, 3.8) is 0 Å². The van der Waals surface area contributed by atoms with Crippen molar-refractivity contribution in [2.75, 3.05) is 17.3 Å². The molecule has 0 fully saturated rings. The summed E-state index contributed by atoms with van der Waals surface area (Å²) < 4.78 is 7.44. The number of halogens is 1. The number of anilines is 1. The lowest BCUT2D eigenvalue weighted by Gasteiger charge is -2.33. The molecule has 9 heteroatoms. The van der Waals surface area contributed by atoms with Gasteiger partial charge in [0.2, 0.25) is 11.1 Å². The van der Waals surface area contributed by atoms with E-state index in [0.717, 1.165) is 16.9 Å². The molecule has 0 saturated heterocycles. The number of carbonyl (C=O) groups excluding carboxylic acids is 1. The Bertz CT molecular complexity index is 1300. The molecule has 1 aliphatic heterocycles. The van der Waals surface area contributed by atoms with Crippen LogP contribution in [0.15, 0.2) is 84.0 Å². The van der Waals surface area contributed by atoms with Crippen LogP contribution in [0, 0.1) is 0 Å². The van der Waals surface area contributed by atoms with Gasteiger partial charge in [0.15, 0.2) is 5.82 Å². The summed E-state index contributed by atoms with van der Waals surface area (Å²) >= 11 is 7.48. The minimum absolute atomic E-state index is 0.158. The third-order valence-corrected chi connectivity index (χ3v) is 6.82. The van der Waals surface area contributed by atoms with Crippen LogP contribution in [0.5, 0.6) is 5.75 Å². The Morgan fingerprint density at radius 1 is 1.09 bits per heavy atom. The zero-order valence-electron chi connectivity index (χ0n) is 18.3. The van der Waals surface area contributed by atoms with E-state index in [1.165, 1.54) is 11.8 Å². The highest BCUT2D eigenvalue weighted by Gasteiger charge is 2.38. The predicted octanol–water partition coefficient (Wildman–Crippen LogP) is 5.40. The van der Waals surface area contributed by atoms with Crippen LogP contribution in [0.25, 0.3) is 11.4 Å². The molecule has 7 nitrogen and oxygen atoms in total. The molecule has 1 aromatic heterocycles. The van der Waals surface area contributed by atoms with Crippen molar-refractivity contribution >= 4 is 35.0 Å². The van der Waals surface area contributed by atoms with Gasteiger partial charge in [0, 0.05) is 16.3 Å². The third-order valence-electron chi connectivity index (χ3n) is 5.37. The Balaban J connectivity index is 1.50. The summed E-state index contributed by atoms with van der Waals surface area (Å²) in [6, 6.07) is 24.4. The van der Waals surface area contributed by atoms with Gasteiger partial charge in [-0.2, -0.15) is 0 Å². The number of carbonyl (C=O) groups is 1. The van der Waals surface area contributed by atoms with Crippen molar-refractivity contribution in [3.05, 3.63) is 89.4 Å². The van der Waals surface area contributed by atoms with E-state index in [-0.39, 0.29) is 11.9 Å². The molecule has 5 rings (SSSR count). The lowest BCUT2D eigenvalue weighted by atomic mass is 10.0. The SMILES string of the molecule is CCOc1ccc(C2Nn3c(nnc3-c3ccccc3)SC2C(=O)Nc2cccc(Cl)c2)cc1. The van der Waals surface area contributed by atoms with Crippen LogP contribution in [0.4, 0.5) is 5.69 Å². The molecule has 34 heavy (non-hydrogen) atoms. The maximum absolute atomic E-state index is 13.4. The Morgan fingerprint density at radius 3 is 2.62 bits per heavy atom. The number of nitrogens with zero attached hydrogens (tertiary/aromatic N) is 3. The molecule has 0 spiro atoms. The molecule has 0 saturated carbocycles. The maximum atomic E-state index is 13.4. The second kappa shape index (κ2) is 9.79. The van der Waals surface area contributed by atoms with Crippen LogP contribution >= 0.6 is 23.4 Å². The first-order chi connectivity index (χ1) is 16.6. The lowest BCUT2D eigenvalue weighted by molar-refractivity contribution is -0.116. The zero-order chi connectivity index (χ0) is 23.5. The average Bonchev–Trinajstić information content (AvgIpc) is 3.27. The zero-order valence-corrected chi connectivity index (χ0v) is 19.9. The molecule has 0 aliphatic carbocycles. The molecule has 3 aromatic carbocycles. The van der Waals surface area contributed by atoms with Gasteiger partial charge in [0.25, 0.3) is 0 Å². The molecule has 0 radical (unpaired) electrons. The first-order valence-corrected chi connectivity index (χ1v) is 12.1. The summed E-state index contributed by atoms with van der Waals surface area (Å²) in [6.45, 7) is 2.54. The molecule has 2 heterocycles. The molecule has 2 N–H and O–H groups in total. The highest BCUT2D eigenvalue weighted by Crippen LogP contribution is 2.39. The van der Waals surface area contributed by atoms with E-state index < -0.39 is 5.25 Å². The van der Waals surface area contributed by atoms with Crippen LogP contribution < -0.4 is 15.5 Å². The van der Waals surface area contributed by atoms with Gasteiger partial charge in [0.1, 0.15) is 11.0 Å². The number of aromatic nitrogens is 3. The van der Waals surface area contributed by atoms with Gasteiger partial charge >= 0.3 is 0 Å². The summed E-state index contributed by atoms with van der Waals surface area (Å²) in [5.74, 6) is 1.31. The molecule has 172 valence electrons. The van der Waals surface area contributed by atoms with Crippen LogP contribution in [-0.4, -0.2) is 32.6 Å². The first kappa shape index (κ1) is 22.3. The Labute approximate surface area is 206 Å². The lowest BCUT2D eigenvalue weighted by Crippen LogP contribution is -2.41. The Morgan fingerprint density at radius 2 is 1.88 bits per heavy atom. The molecular weight excluding hydrogens is 470 g/mol. The van der Waals surface area contributed by atoms with E-state index in [1.54, 1.807) is 18.2 Å². The normalized spacial score (nSPS) is 16.9. The number of hydrogen-bond donors (Lipinski definition) is 2. The largest absolute Gasteiger partial charge is 0.494 e. The Kier molecular flexibility index (Phi) is 6.42. The number of fused-ring (bicyclic) bond motifs is 1. The van der Waals surface area contributed by atoms with E-state index in [0.29, 0.717) is 28.3 Å². The Hall–Kier alpha value is -3.49. The molecule has 0 bridgehead atoms. The standard InChI is InChI=1S/C25H22ClN5O2S/c1-2-33-20-13-11-16(12-14-20)21-22(24(32)27-19-10-6-9-18(26)15-19)34-25-29-28-23(31(25)30-21)17-7-4-3-5-8-17/h3-15,21-22,30H,2H2,1H3,(H,27,32). The van der Waals surface area contributed by atoms with Gasteiger partial charge < -0.3 is 15.5 Å². The minimum Gasteiger partial charge on any atom is -0.494 e.